The van der Waals surface area contributed by atoms with Crippen LogP contribution in [-0.4, -0.2) is 35.1 Å². The van der Waals surface area contributed by atoms with Crippen LogP contribution in [-0.2, 0) is 4.79 Å². The van der Waals surface area contributed by atoms with Crippen molar-refractivity contribution in [2.45, 2.75) is 39.2 Å². The van der Waals surface area contributed by atoms with Gasteiger partial charge in [-0.05, 0) is 45.2 Å². The van der Waals surface area contributed by atoms with E-state index >= 15 is 0 Å². The van der Waals surface area contributed by atoms with Crippen molar-refractivity contribution >= 4 is 5.97 Å². The Kier molecular flexibility index (Phi) is 3.72. The lowest BCUT2D eigenvalue weighted by atomic mass is 10.0. The van der Waals surface area contributed by atoms with Gasteiger partial charge < -0.3 is 5.11 Å². The lowest BCUT2D eigenvalue weighted by Gasteiger charge is -2.23. The molecule has 0 aromatic carbocycles. The van der Waals surface area contributed by atoms with Gasteiger partial charge in [0.25, 0.3) is 0 Å². The van der Waals surface area contributed by atoms with Crippen LogP contribution in [0.2, 0.25) is 0 Å². The fourth-order valence-corrected chi connectivity index (χ4v) is 1.83. The molecule has 0 aromatic rings. The quantitative estimate of drug-likeness (QED) is 0.710. The molecule has 1 aliphatic heterocycles. The van der Waals surface area contributed by atoms with Gasteiger partial charge in [-0.1, -0.05) is 6.92 Å². The Bertz CT molecular complexity index is 182. The third-order valence-electron chi connectivity index (χ3n) is 2.96. The van der Waals surface area contributed by atoms with Crippen LogP contribution in [0.5, 0.6) is 0 Å². The van der Waals surface area contributed by atoms with Crippen molar-refractivity contribution in [1.82, 2.24) is 4.90 Å². The SMILES string of the molecule is CC1CCCN(C(C)C(=O)O)CC1. The third-order valence-corrected chi connectivity index (χ3v) is 2.96. The first kappa shape index (κ1) is 10.5. The van der Waals surface area contributed by atoms with Crippen molar-refractivity contribution in [2.24, 2.45) is 5.92 Å². The van der Waals surface area contributed by atoms with E-state index in [0.717, 1.165) is 31.8 Å². The molecule has 1 saturated heterocycles. The molecule has 2 unspecified atom stereocenters. The van der Waals surface area contributed by atoms with Crippen LogP contribution in [0.3, 0.4) is 0 Å². The summed E-state index contributed by atoms with van der Waals surface area (Å²) < 4.78 is 0. The Morgan fingerprint density at radius 1 is 1.46 bits per heavy atom. The Hall–Kier alpha value is -0.570. The summed E-state index contributed by atoms with van der Waals surface area (Å²) in [5.41, 5.74) is 0. The van der Waals surface area contributed by atoms with E-state index in [1.165, 1.54) is 6.42 Å². The number of nitrogens with zero attached hydrogens (tertiary/aromatic N) is 1. The van der Waals surface area contributed by atoms with E-state index in [9.17, 15) is 4.79 Å². The molecule has 2 atom stereocenters. The molecule has 3 nitrogen and oxygen atoms in total. The van der Waals surface area contributed by atoms with Crippen LogP contribution >= 0.6 is 0 Å². The molecular formula is C10H19NO2. The number of rotatable bonds is 2. The zero-order valence-corrected chi connectivity index (χ0v) is 8.49. The second-order valence-corrected chi connectivity index (χ2v) is 4.09. The third kappa shape index (κ3) is 2.99. The highest BCUT2D eigenvalue weighted by Gasteiger charge is 2.22. The Labute approximate surface area is 79.7 Å². The molecule has 0 aromatic heterocycles. The summed E-state index contributed by atoms with van der Waals surface area (Å²) in [6.45, 7) is 5.90. The molecule has 1 rings (SSSR count). The number of likely N-dealkylation sites (tertiary alicyclic amines) is 1. The predicted octanol–water partition coefficient (Wildman–Crippen LogP) is 1.58. The molecule has 0 spiro atoms. The molecule has 0 aliphatic carbocycles. The van der Waals surface area contributed by atoms with Gasteiger partial charge in [-0.3, -0.25) is 9.69 Å². The lowest BCUT2D eigenvalue weighted by Crippen LogP contribution is -2.39. The van der Waals surface area contributed by atoms with E-state index in [1.54, 1.807) is 6.92 Å². The number of aliphatic carboxylic acids is 1. The number of carboxylic acid groups (broad SMARTS) is 1. The minimum atomic E-state index is -0.699. The second-order valence-electron chi connectivity index (χ2n) is 4.09. The first-order valence-electron chi connectivity index (χ1n) is 5.08. The van der Waals surface area contributed by atoms with Gasteiger partial charge in [0.05, 0.1) is 0 Å². The van der Waals surface area contributed by atoms with E-state index < -0.39 is 5.97 Å². The summed E-state index contributed by atoms with van der Waals surface area (Å²) in [7, 11) is 0. The van der Waals surface area contributed by atoms with E-state index in [1.807, 2.05) is 0 Å². The molecule has 0 radical (unpaired) electrons. The van der Waals surface area contributed by atoms with Gasteiger partial charge in [-0.15, -0.1) is 0 Å². The van der Waals surface area contributed by atoms with Crippen molar-refractivity contribution in [2.75, 3.05) is 13.1 Å². The summed E-state index contributed by atoms with van der Waals surface area (Å²) in [4.78, 5) is 12.8. The molecule has 1 N–H and O–H groups in total. The average Bonchev–Trinajstić information content (AvgIpc) is 2.28. The zero-order chi connectivity index (χ0) is 9.84. The smallest absolute Gasteiger partial charge is 0.320 e. The van der Waals surface area contributed by atoms with Crippen molar-refractivity contribution in [3.63, 3.8) is 0 Å². The Morgan fingerprint density at radius 2 is 2.15 bits per heavy atom. The minimum absolute atomic E-state index is 0.315. The van der Waals surface area contributed by atoms with Crippen LogP contribution in [0, 0.1) is 5.92 Å². The molecule has 1 fully saturated rings. The number of carbonyl (C=O) groups is 1. The first-order chi connectivity index (χ1) is 6.11. The molecular weight excluding hydrogens is 166 g/mol. The summed E-state index contributed by atoms with van der Waals surface area (Å²) in [5.74, 6) is 0.0561. The van der Waals surface area contributed by atoms with E-state index in [4.69, 9.17) is 5.11 Å². The van der Waals surface area contributed by atoms with Gasteiger partial charge in [0.15, 0.2) is 0 Å². The van der Waals surface area contributed by atoms with Crippen LogP contribution in [0.25, 0.3) is 0 Å². The van der Waals surface area contributed by atoms with Crippen molar-refractivity contribution < 1.29 is 9.90 Å². The van der Waals surface area contributed by atoms with Crippen molar-refractivity contribution in [3.05, 3.63) is 0 Å². The molecule has 76 valence electrons. The second kappa shape index (κ2) is 4.61. The topological polar surface area (TPSA) is 40.5 Å². The largest absolute Gasteiger partial charge is 0.480 e. The minimum Gasteiger partial charge on any atom is -0.480 e. The molecule has 1 heterocycles. The van der Waals surface area contributed by atoms with Crippen LogP contribution in [0.1, 0.15) is 33.1 Å². The summed E-state index contributed by atoms with van der Waals surface area (Å²) in [6, 6.07) is -0.315. The summed E-state index contributed by atoms with van der Waals surface area (Å²) in [5, 5.41) is 8.85. The monoisotopic (exact) mass is 185 g/mol. The Morgan fingerprint density at radius 3 is 2.77 bits per heavy atom. The fraction of sp³-hybridized carbons (Fsp3) is 0.900. The van der Waals surface area contributed by atoms with Gasteiger partial charge in [-0.2, -0.15) is 0 Å². The molecule has 13 heavy (non-hydrogen) atoms. The van der Waals surface area contributed by atoms with Crippen molar-refractivity contribution in [3.8, 4) is 0 Å². The Balaban J connectivity index is 2.46. The first-order valence-corrected chi connectivity index (χ1v) is 5.08. The highest BCUT2D eigenvalue weighted by molar-refractivity contribution is 5.72. The summed E-state index contributed by atoms with van der Waals surface area (Å²) >= 11 is 0. The number of hydrogen-bond donors (Lipinski definition) is 1. The van der Waals surface area contributed by atoms with Crippen molar-refractivity contribution in [1.29, 1.82) is 0 Å². The van der Waals surface area contributed by atoms with E-state index in [0.29, 0.717) is 0 Å². The maximum atomic E-state index is 10.8. The maximum absolute atomic E-state index is 10.8. The number of carboxylic acids is 1. The van der Waals surface area contributed by atoms with E-state index in [2.05, 4.69) is 11.8 Å². The highest BCUT2D eigenvalue weighted by atomic mass is 16.4. The predicted molar refractivity (Wildman–Crippen MR) is 51.7 cm³/mol. The molecule has 0 amide bonds. The molecule has 0 saturated carbocycles. The zero-order valence-electron chi connectivity index (χ0n) is 8.49. The van der Waals surface area contributed by atoms with Gasteiger partial charge >= 0.3 is 5.97 Å². The standard InChI is InChI=1S/C10H19NO2/c1-8-4-3-6-11(7-5-8)9(2)10(12)13/h8-9H,3-7H2,1-2H3,(H,12,13). The molecule has 0 bridgehead atoms. The maximum Gasteiger partial charge on any atom is 0.320 e. The fourth-order valence-electron chi connectivity index (χ4n) is 1.83. The van der Waals surface area contributed by atoms with Crippen LogP contribution in [0.4, 0.5) is 0 Å². The average molecular weight is 185 g/mol. The van der Waals surface area contributed by atoms with Gasteiger partial charge in [0.1, 0.15) is 6.04 Å². The summed E-state index contributed by atoms with van der Waals surface area (Å²) in [6.07, 6.45) is 3.51. The van der Waals surface area contributed by atoms with Gasteiger partial charge in [0.2, 0.25) is 0 Å². The van der Waals surface area contributed by atoms with E-state index in [-0.39, 0.29) is 6.04 Å². The molecule has 1 aliphatic rings. The molecule has 3 heteroatoms. The lowest BCUT2D eigenvalue weighted by molar-refractivity contribution is -0.142. The van der Waals surface area contributed by atoms with Crippen LogP contribution in [0.15, 0.2) is 0 Å². The van der Waals surface area contributed by atoms with Crippen LogP contribution < -0.4 is 0 Å². The highest BCUT2D eigenvalue weighted by Crippen LogP contribution is 2.17. The number of hydrogen-bond acceptors (Lipinski definition) is 2. The normalized spacial score (nSPS) is 28.0. The van der Waals surface area contributed by atoms with Gasteiger partial charge in [-0.25, -0.2) is 0 Å². The van der Waals surface area contributed by atoms with Gasteiger partial charge in [0, 0.05) is 0 Å².